The third kappa shape index (κ3) is 5.88. The number of hydrogen-bond acceptors (Lipinski definition) is 2. The van der Waals surface area contributed by atoms with Crippen molar-refractivity contribution in [2.75, 3.05) is 0 Å². The summed E-state index contributed by atoms with van der Waals surface area (Å²) in [6, 6.07) is 27.3. The molecular weight excluding hydrogens is 411 g/mol. The van der Waals surface area contributed by atoms with Gasteiger partial charge in [-0.25, -0.2) is 0 Å². The maximum atomic E-state index is 12.8. The first kappa shape index (κ1) is 20.0. The van der Waals surface area contributed by atoms with Gasteiger partial charge in [-0.1, -0.05) is 0 Å². The van der Waals surface area contributed by atoms with Crippen LogP contribution in [0.2, 0.25) is 0 Å². The molecule has 0 aliphatic carbocycles. The van der Waals surface area contributed by atoms with E-state index in [4.69, 9.17) is 0 Å². The van der Waals surface area contributed by atoms with Crippen LogP contribution in [-0.4, -0.2) is 25.4 Å². The van der Waals surface area contributed by atoms with Crippen LogP contribution in [0, 0.1) is 6.92 Å². The second-order valence-corrected chi connectivity index (χ2v) is 9.05. The van der Waals surface area contributed by atoms with Crippen LogP contribution in [0.4, 0.5) is 0 Å². The van der Waals surface area contributed by atoms with Gasteiger partial charge in [0.2, 0.25) is 0 Å². The van der Waals surface area contributed by atoms with Crippen LogP contribution in [-0.2, 0) is 4.79 Å². The summed E-state index contributed by atoms with van der Waals surface area (Å²) in [4.78, 5) is 25.3. The molecule has 0 aliphatic heterocycles. The molecule has 0 saturated heterocycles. The number of carbonyl (C=O) groups is 2. The molecule has 1 atom stereocenters. The second-order valence-electron chi connectivity index (χ2n) is 6.59. The van der Waals surface area contributed by atoms with E-state index in [-0.39, 0.29) is 30.2 Å². The summed E-state index contributed by atoms with van der Waals surface area (Å²) >= 11 is -0.354. The van der Waals surface area contributed by atoms with Crippen molar-refractivity contribution in [3.8, 4) is 0 Å². The molecular formula is C25H22O2Se. The van der Waals surface area contributed by atoms with Crippen molar-refractivity contribution in [2.45, 2.75) is 18.2 Å². The molecule has 28 heavy (non-hydrogen) atoms. The van der Waals surface area contributed by atoms with E-state index in [1.807, 2.05) is 97.9 Å². The average molecular weight is 433 g/mol. The van der Waals surface area contributed by atoms with Gasteiger partial charge in [0.15, 0.2) is 0 Å². The first-order chi connectivity index (χ1) is 13.6. The SMILES string of the molecule is Cc1ccc(C(=O)[Se]C(CC(=O)/C=C/c2ccccc2)c2ccccc2)cc1. The third-order valence-electron chi connectivity index (χ3n) is 4.36. The quantitative estimate of drug-likeness (QED) is 0.359. The first-order valence-corrected chi connectivity index (χ1v) is 11.0. The molecule has 0 radical (unpaired) electrons. The van der Waals surface area contributed by atoms with E-state index in [1.165, 1.54) is 0 Å². The van der Waals surface area contributed by atoms with Gasteiger partial charge in [-0.05, 0) is 0 Å². The fourth-order valence-electron chi connectivity index (χ4n) is 2.79. The van der Waals surface area contributed by atoms with Crippen molar-refractivity contribution in [1.29, 1.82) is 0 Å². The van der Waals surface area contributed by atoms with Crippen molar-refractivity contribution < 1.29 is 9.59 Å². The van der Waals surface area contributed by atoms with Crippen molar-refractivity contribution in [1.82, 2.24) is 0 Å². The van der Waals surface area contributed by atoms with E-state index in [2.05, 4.69) is 0 Å². The van der Waals surface area contributed by atoms with Crippen molar-refractivity contribution in [3.63, 3.8) is 0 Å². The first-order valence-electron chi connectivity index (χ1n) is 9.20. The topological polar surface area (TPSA) is 34.1 Å². The number of aryl methyl sites for hydroxylation is 1. The summed E-state index contributed by atoms with van der Waals surface area (Å²) in [6.07, 6.45) is 3.79. The number of rotatable bonds is 8. The molecule has 3 aromatic carbocycles. The van der Waals surface area contributed by atoms with Gasteiger partial charge in [0.05, 0.1) is 0 Å². The number of ketones is 1. The molecule has 0 N–H and O–H groups in total. The Bertz CT molecular complexity index is 945. The minimum absolute atomic E-state index is 0.0382. The molecule has 3 aromatic rings. The second kappa shape index (κ2) is 9.98. The summed E-state index contributed by atoms with van der Waals surface area (Å²) in [5, 5.41) is 0. The molecule has 0 amide bonds. The predicted molar refractivity (Wildman–Crippen MR) is 116 cm³/mol. The van der Waals surface area contributed by atoms with Crippen molar-refractivity contribution in [3.05, 3.63) is 113 Å². The van der Waals surface area contributed by atoms with Crippen LogP contribution in [0.3, 0.4) is 0 Å². The Morgan fingerprint density at radius 1 is 0.857 bits per heavy atom. The Morgan fingerprint density at radius 2 is 1.46 bits per heavy atom. The fraction of sp³-hybridized carbons (Fsp3) is 0.120. The third-order valence-corrected chi connectivity index (χ3v) is 6.82. The maximum absolute atomic E-state index is 12.8. The van der Waals surface area contributed by atoms with Crippen LogP contribution in [0.5, 0.6) is 0 Å². The van der Waals surface area contributed by atoms with Crippen LogP contribution in [0.15, 0.2) is 91.0 Å². The van der Waals surface area contributed by atoms with Crippen LogP contribution < -0.4 is 0 Å². The fourth-order valence-corrected chi connectivity index (χ4v) is 5.03. The Kier molecular flexibility index (Phi) is 7.13. The summed E-state index contributed by atoms with van der Waals surface area (Å²) in [6.45, 7) is 2.00. The molecule has 1 unspecified atom stereocenters. The van der Waals surface area contributed by atoms with Gasteiger partial charge in [0, 0.05) is 0 Å². The molecule has 3 heteroatoms. The Balaban J connectivity index is 1.74. The minimum atomic E-state index is -0.354. The molecule has 0 bridgehead atoms. The van der Waals surface area contributed by atoms with Gasteiger partial charge in [0.1, 0.15) is 0 Å². The molecule has 0 heterocycles. The molecule has 0 aliphatic rings. The predicted octanol–water partition coefficient (Wildman–Crippen LogP) is 5.25. The van der Waals surface area contributed by atoms with E-state index >= 15 is 0 Å². The molecule has 2 nitrogen and oxygen atoms in total. The Hall–Kier alpha value is -2.74. The van der Waals surface area contributed by atoms with Crippen LogP contribution >= 0.6 is 0 Å². The Morgan fingerprint density at radius 3 is 2.11 bits per heavy atom. The molecule has 3 rings (SSSR count). The van der Waals surface area contributed by atoms with Gasteiger partial charge in [0.25, 0.3) is 0 Å². The number of carbonyl (C=O) groups excluding carboxylic acids is 2. The van der Waals surface area contributed by atoms with Gasteiger partial charge in [-0.2, -0.15) is 0 Å². The van der Waals surface area contributed by atoms with Crippen molar-refractivity contribution in [2.24, 2.45) is 0 Å². The molecule has 140 valence electrons. The molecule has 0 fully saturated rings. The van der Waals surface area contributed by atoms with E-state index in [0.717, 1.165) is 22.3 Å². The zero-order chi connectivity index (χ0) is 19.8. The zero-order valence-corrected chi connectivity index (χ0v) is 17.5. The molecule has 0 aromatic heterocycles. The average Bonchev–Trinajstić information content (AvgIpc) is 2.73. The molecule has 0 spiro atoms. The monoisotopic (exact) mass is 434 g/mol. The van der Waals surface area contributed by atoms with Crippen molar-refractivity contribution >= 4 is 31.5 Å². The summed E-state index contributed by atoms with van der Waals surface area (Å²) in [5.41, 5.74) is 3.89. The normalized spacial score (nSPS) is 12.0. The number of benzene rings is 3. The van der Waals surface area contributed by atoms with Gasteiger partial charge < -0.3 is 0 Å². The van der Waals surface area contributed by atoms with E-state index in [1.54, 1.807) is 6.08 Å². The van der Waals surface area contributed by atoms with Crippen LogP contribution in [0.1, 0.15) is 38.3 Å². The van der Waals surface area contributed by atoms with Crippen LogP contribution in [0.25, 0.3) is 6.08 Å². The van der Waals surface area contributed by atoms with Gasteiger partial charge in [-0.15, -0.1) is 0 Å². The standard InChI is InChI=1S/C25H22O2Se/c1-19-12-15-22(16-13-19)25(27)28-24(21-10-6-3-7-11-21)18-23(26)17-14-20-8-4-2-5-9-20/h2-17,24H,18H2,1H3/b17-14+. The van der Waals surface area contributed by atoms with E-state index < -0.39 is 0 Å². The zero-order valence-electron chi connectivity index (χ0n) is 15.7. The van der Waals surface area contributed by atoms with E-state index in [0.29, 0.717) is 6.42 Å². The molecule has 0 saturated carbocycles. The number of hydrogen-bond donors (Lipinski definition) is 0. The van der Waals surface area contributed by atoms with E-state index in [9.17, 15) is 9.59 Å². The van der Waals surface area contributed by atoms with Gasteiger partial charge >= 0.3 is 173 Å². The summed E-state index contributed by atoms with van der Waals surface area (Å²) in [7, 11) is 0. The summed E-state index contributed by atoms with van der Waals surface area (Å²) < 4.78 is 0.126. The number of allylic oxidation sites excluding steroid dienone is 1. The Labute approximate surface area is 172 Å². The van der Waals surface area contributed by atoms with Gasteiger partial charge in [-0.3, -0.25) is 0 Å². The summed E-state index contributed by atoms with van der Waals surface area (Å²) in [5.74, 6) is 0.0382.